The van der Waals surface area contributed by atoms with Crippen molar-refractivity contribution in [3.05, 3.63) is 53.7 Å². The molecule has 0 saturated heterocycles. The molecule has 6 nitrogen and oxygen atoms in total. The first-order valence-corrected chi connectivity index (χ1v) is 8.60. The zero-order chi connectivity index (χ0) is 18.8. The average molecular weight is 362 g/mol. The molecular weight excluding hydrogens is 335 g/mol. The molecule has 0 unspecified atom stereocenters. The number of guanidine groups is 1. The molecule has 1 heterocycles. The van der Waals surface area contributed by atoms with Gasteiger partial charge in [-0.25, -0.2) is 4.39 Å². The van der Waals surface area contributed by atoms with Gasteiger partial charge in [0.05, 0.1) is 12.0 Å². The predicted octanol–water partition coefficient (Wildman–Crippen LogP) is 2.76. The van der Waals surface area contributed by atoms with Gasteiger partial charge in [-0.2, -0.15) is 0 Å². The number of aliphatic imine (C=N–C) groups is 1. The van der Waals surface area contributed by atoms with E-state index >= 15 is 0 Å². The molecule has 2 N–H and O–H groups in total. The minimum atomic E-state index is -0.231. The Hall–Kier alpha value is -2.54. The Balaban J connectivity index is 1.65. The summed E-state index contributed by atoms with van der Waals surface area (Å²) < 4.78 is 24.7. The maximum absolute atomic E-state index is 14.0. The minimum Gasteiger partial charge on any atom is -0.467 e. The molecule has 0 bridgehead atoms. The molecule has 2 aromatic rings. The van der Waals surface area contributed by atoms with Crippen LogP contribution in [0.2, 0.25) is 0 Å². The van der Waals surface area contributed by atoms with E-state index in [-0.39, 0.29) is 5.82 Å². The molecule has 0 aliphatic rings. The van der Waals surface area contributed by atoms with Gasteiger partial charge in [0, 0.05) is 40.8 Å². The molecule has 1 aromatic carbocycles. The molecule has 0 spiro atoms. The second kappa shape index (κ2) is 10.5. The number of nitrogens with zero attached hydrogens (tertiary/aromatic N) is 2. The van der Waals surface area contributed by atoms with Gasteiger partial charge in [-0.15, -0.1) is 0 Å². The fourth-order valence-corrected chi connectivity index (χ4v) is 2.38. The molecule has 0 aliphatic carbocycles. The van der Waals surface area contributed by atoms with Crippen LogP contribution >= 0.6 is 0 Å². The lowest BCUT2D eigenvalue weighted by Crippen LogP contribution is -2.37. The van der Waals surface area contributed by atoms with Gasteiger partial charge in [-0.1, -0.05) is 6.07 Å². The van der Waals surface area contributed by atoms with Crippen molar-refractivity contribution in [3.63, 3.8) is 0 Å². The first-order chi connectivity index (χ1) is 12.6. The molecule has 7 heteroatoms. The average Bonchev–Trinajstić information content (AvgIpc) is 3.13. The summed E-state index contributed by atoms with van der Waals surface area (Å²) in [5.74, 6) is 1.27. The lowest BCUT2D eigenvalue weighted by atomic mass is 10.2. The number of ether oxygens (including phenoxy) is 1. The highest BCUT2D eigenvalue weighted by atomic mass is 19.1. The first kappa shape index (κ1) is 19.8. The SMILES string of the molecule is CN=C(NCCCOCc1ccco1)NCc1ccc(N(C)C)c(F)c1. The zero-order valence-electron chi connectivity index (χ0n) is 15.6. The summed E-state index contributed by atoms with van der Waals surface area (Å²) in [6.07, 6.45) is 2.48. The topological polar surface area (TPSA) is 62.0 Å². The zero-order valence-corrected chi connectivity index (χ0v) is 15.6. The molecule has 0 atom stereocenters. The van der Waals surface area contributed by atoms with Gasteiger partial charge in [0.2, 0.25) is 0 Å². The van der Waals surface area contributed by atoms with Gasteiger partial charge in [0.1, 0.15) is 18.2 Å². The summed E-state index contributed by atoms with van der Waals surface area (Å²) >= 11 is 0. The second-order valence-electron chi connectivity index (χ2n) is 6.02. The molecule has 142 valence electrons. The number of nitrogens with one attached hydrogen (secondary N) is 2. The van der Waals surface area contributed by atoms with E-state index in [4.69, 9.17) is 9.15 Å². The van der Waals surface area contributed by atoms with E-state index in [0.29, 0.717) is 31.4 Å². The maximum atomic E-state index is 14.0. The highest BCUT2D eigenvalue weighted by Gasteiger charge is 2.06. The van der Waals surface area contributed by atoms with Crippen LogP contribution in [0, 0.1) is 5.82 Å². The number of hydrogen-bond donors (Lipinski definition) is 2. The van der Waals surface area contributed by atoms with E-state index in [2.05, 4.69) is 15.6 Å². The minimum absolute atomic E-state index is 0.231. The molecule has 2 rings (SSSR count). The van der Waals surface area contributed by atoms with Crippen LogP contribution in [0.4, 0.5) is 10.1 Å². The van der Waals surface area contributed by atoms with Crippen LogP contribution in [0.25, 0.3) is 0 Å². The Labute approximate surface area is 154 Å². The smallest absolute Gasteiger partial charge is 0.191 e. The molecule has 26 heavy (non-hydrogen) atoms. The van der Waals surface area contributed by atoms with Gasteiger partial charge in [-0.05, 0) is 36.2 Å². The van der Waals surface area contributed by atoms with Gasteiger partial charge < -0.3 is 24.7 Å². The summed E-state index contributed by atoms with van der Waals surface area (Å²) in [7, 11) is 5.35. The highest BCUT2D eigenvalue weighted by molar-refractivity contribution is 5.79. The fraction of sp³-hybridized carbons (Fsp3) is 0.421. The van der Waals surface area contributed by atoms with Crippen molar-refractivity contribution in [2.75, 3.05) is 39.2 Å². The Bertz CT molecular complexity index is 687. The molecule has 0 saturated carbocycles. The lowest BCUT2D eigenvalue weighted by Gasteiger charge is -2.15. The van der Waals surface area contributed by atoms with E-state index in [9.17, 15) is 4.39 Å². The van der Waals surface area contributed by atoms with Crippen molar-refractivity contribution in [2.24, 2.45) is 4.99 Å². The number of anilines is 1. The van der Waals surface area contributed by atoms with E-state index in [0.717, 1.165) is 24.3 Å². The van der Waals surface area contributed by atoms with Crippen molar-refractivity contribution in [1.82, 2.24) is 10.6 Å². The number of rotatable bonds is 9. The number of benzene rings is 1. The molecule has 0 amide bonds. The second-order valence-corrected chi connectivity index (χ2v) is 6.02. The van der Waals surface area contributed by atoms with Gasteiger partial charge in [-0.3, -0.25) is 4.99 Å². The Morgan fingerprint density at radius 3 is 2.77 bits per heavy atom. The van der Waals surface area contributed by atoms with E-state index in [1.54, 1.807) is 24.3 Å². The summed E-state index contributed by atoms with van der Waals surface area (Å²) in [4.78, 5) is 5.92. The summed E-state index contributed by atoms with van der Waals surface area (Å²) in [6, 6.07) is 8.95. The largest absolute Gasteiger partial charge is 0.467 e. The lowest BCUT2D eigenvalue weighted by molar-refractivity contribution is 0.105. The summed E-state index contributed by atoms with van der Waals surface area (Å²) in [6.45, 7) is 2.33. The molecule has 1 aromatic heterocycles. The van der Waals surface area contributed by atoms with Gasteiger partial charge >= 0.3 is 0 Å². The van der Waals surface area contributed by atoms with Crippen LogP contribution in [-0.4, -0.2) is 40.3 Å². The number of halogens is 1. The van der Waals surface area contributed by atoms with Crippen molar-refractivity contribution in [2.45, 2.75) is 19.6 Å². The molecule has 0 fully saturated rings. The molecular formula is C19H27FN4O2. The van der Waals surface area contributed by atoms with Crippen LogP contribution in [0.3, 0.4) is 0 Å². The summed E-state index contributed by atoms with van der Waals surface area (Å²) in [5, 5.41) is 6.39. The van der Waals surface area contributed by atoms with E-state index < -0.39 is 0 Å². The van der Waals surface area contributed by atoms with Crippen molar-refractivity contribution in [3.8, 4) is 0 Å². The fourth-order valence-electron chi connectivity index (χ4n) is 2.38. The normalized spacial score (nSPS) is 11.5. The third-order valence-electron chi connectivity index (χ3n) is 3.76. The Kier molecular flexibility index (Phi) is 7.95. The molecule has 0 radical (unpaired) electrons. The third-order valence-corrected chi connectivity index (χ3v) is 3.76. The number of hydrogen-bond acceptors (Lipinski definition) is 4. The van der Waals surface area contributed by atoms with Crippen molar-refractivity contribution in [1.29, 1.82) is 0 Å². The van der Waals surface area contributed by atoms with Crippen LogP contribution in [-0.2, 0) is 17.9 Å². The Morgan fingerprint density at radius 1 is 1.27 bits per heavy atom. The predicted molar refractivity (Wildman–Crippen MR) is 102 cm³/mol. The standard InChI is InChI=1S/C19H27FN4O2/c1-21-19(22-9-5-10-25-14-16-6-4-11-26-16)23-13-15-7-8-18(24(2)3)17(20)12-15/h4,6-8,11-12H,5,9-10,13-14H2,1-3H3,(H2,21,22,23). The van der Waals surface area contributed by atoms with Crippen LogP contribution in [0.1, 0.15) is 17.7 Å². The Morgan fingerprint density at radius 2 is 2.12 bits per heavy atom. The van der Waals surface area contributed by atoms with Gasteiger partial charge in [0.25, 0.3) is 0 Å². The van der Waals surface area contributed by atoms with Crippen LogP contribution in [0.15, 0.2) is 46.0 Å². The van der Waals surface area contributed by atoms with Crippen molar-refractivity contribution < 1.29 is 13.5 Å². The van der Waals surface area contributed by atoms with E-state index in [1.165, 1.54) is 6.07 Å². The monoisotopic (exact) mass is 362 g/mol. The van der Waals surface area contributed by atoms with Crippen molar-refractivity contribution >= 4 is 11.6 Å². The number of furan rings is 1. The molecule has 0 aliphatic heterocycles. The highest BCUT2D eigenvalue weighted by Crippen LogP contribution is 2.18. The van der Waals surface area contributed by atoms with Crippen LogP contribution < -0.4 is 15.5 Å². The maximum Gasteiger partial charge on any atom is 0.191 e. The first-order valence-electron chi connectivity index (χ1n) is 8.60. The quantitative estimate of drug-likeness (QED) is 0.408. The van der Waals surface area contributed by atoms with Crippen LogP contribution in [0.5, 0.6) is 0 Å². The van der Waals surface area contributed by atoms with E-state index in [1.807, 2.05) is 32.3 Å². The summed E-state index contributed by atoms with van der Waals surface area (Å²) in [5.41, 5.74) is 1.43. The third kappa shape index (κ3) is 6.40. The van der Waals surface area contributed by atoms with Gasteiger partial charge in [0.15, 0.2) is 5.96 Å².